The van der Waals surface area contributed by atoms with E-state index in [9.17, 15) is 18.1 Å². The number of halogens is 1. The molecule has 122 valence electrons. The molecular formula is C16H17FN2O2S2. The number of hydrogen-bond donors (Lipinski definition) is 1. The van der Waals surface area contributed by atoms with E-state index in [0.717, 1.165) is 10.9 Å². The normalized spacial score (nSPS) is 12.0. The topological polar surface area (TPSA) is 70.0 Å². The van der Waals surface area contributed by atoms with Crippen LogP contribution in [0.5, 0.6) is 0 Å². The average molecular weight is 352 g/mol. The third-order valence-electron chi connectivity index (χ3n) is 3.14. The number of aryl methyl sites for hydroxylation is 1. The van der Waals surface area contributed by atoms with Gasteiger partial charge in [-0.3, -0.25) is 4.72 Å². The largest absolute Gasteiger partial charge is 0.277 e. The highest BCUT2D eigenvalue weighted by molar-refractivity contribution is 7.92. The van der Waals surface area contributed by atoms with Crippen LogP contribution in [0.2, 0.25) is 0 Å². The summed E-state index contributed by atoms with van der Waals surface area (Å²) in [5.74, 6) is -0.619. The Kier molecular flexibility index (Phi) is 4.51. The van der Waals surface area contributed by atoms with Crippen molar-refractivity contribution < 1.29 is 12.8 Å². The molecule has 0 amide bonds. The van der Waals surface area contributed by atoms with Crippen molar-refractivity contribution in [2.24, 2.45) is 0 Å². The molecule has 1 N–H and O–H groups in total. The number of thiophene rings is 1. The maximum absolute atomic E-state index is 13.5. The molecule has 2 aromatic rings. The van der Waals surface area contributed by atoms with Crippen LogP contribution < -0.4 is 4.72 Å². The number of nitrogens with zero attached hydrogens (tertiary/aromatic N) is 1. The van der Waals surface area contributed by atoms with Gasteiger partial charge < -0.3 is 0 Å². The molecule has 1 heterocycles. The van der Waals surface area contributed by atoms with Gasteiger partial charge in [0.05, 0.1) is 10.6 Å². The minimum atomic E-state index is -3.96. The van der Waals surface area contributed by atoms with Gasteiger partial charge in [-0.25, -0.2) is 12.8 Å². The van der Waals surface area contributed by atoms with Crippen molar-refractivity contribution in [1.82, 2.24) is 0 Å². The number of nitrogens with one attached hydrogen (secondary N) is 1. The van der Waals surface area contributed by atoms with E-state index in [1.807, 2.05) is 26.8 Å². The van der Waals surface area contributed by atoms with Gasteiger partial charge in [-0.2, -0.15) is 5.26 Å². The van der Waals surface area contributed by atoms with E-state index in [4.69, 9.17) is 0 Å². The molecule has 0 fully saturated rings. The number of benzene rings is 1. The fraction of sp³-hybridized carbons (Fsp3) is 0.312. The van der Waals surface area contributed by atoms with Crippen LogP contribution in [0.15, 0.2) is 29.2 Å². The third-order valence-corrected chi connectivity index (χ3v) is 5.95. The van der Waals surface area contributed by atoms with Crippen LogP contribution in [-0.4, -0.2) is 8.42 Å². The van der Waals surface area contributed by atoms with Crippen LogP contribution >= 0.6 is 11.3 Å². The first-order valence-corrected chi connectivity index (χ1v) is 9.17. The molecule has 0 aliphatic heterocycles. The lowest BCUT2D eigenvalue weighted by Gasteiger charge is -2.15. The lowest BCUT2D eigenvalue weighted by Crippen LogP contribution is -2.14. The number of rotatable bonds is 3. The fourth-order valence-electron chi connectivity index (χ4n) is 1.98. The van der Waals surface area contributed by atoms with Crippen LogP contribution in [0.25, 0.3) is 0 Å². The molecule has 0 spiro atoms. The number of hydrogen-bond acceptors (Lipinski definition) is 4. The maximum Gasteiger partial charge on any atom is 0.262 e. The van der Waals surface area contributed by atoms with Crippen LogP contribution in [-0.2, 0) is 15.4 Å². The average Bonchev–Trinajstić information content (AvgIpc) is 2.79. The predicted octanol–water partition coefficient (Wildman–Crippen LogP) is 4.17. The smallest absolute Gasteiger partial charge is 0.262 e. The summed E-state index contributed by atoms with van der Waals surface area (Å²) >= 11 is 1.25. The first-order valence-electron chi connectivity index (χ1n) is 6.87. The first kappa shape index (κ1) is 17.4. The van der Waals surface area contributed by atoms with E-state index in [-0.39, 0.29) is 20.9 Å². The molecule has 1 aromatic heterocycles. The van der Waals surface area contributed by atoms with Gasteiger partial charge in [0.15, 0.2) is 0 Å². The summed E-state index contributed by atoms with van der Waals surface area (Å²) < 4.78 is 40.8. The summed E-state index contributed by atoms with van der Waals surface area (Å²) in [6.45, 7) is 7.56. The van der Waals surface area contributed by atoms with Crippen LogP contribution in [0.4, 0.5) is 10.1 Å². The van der Waals surface area contributed by atoms with E-state index in [0.29, 0.717) is 5.56 Å². The van der Waals surface area contributed by atoms with Crippen molar-refractivity contribution in [2.45, 2.75) is 38.0 Å². The summed E-state index contributed by atoms with van der Waals surface area (Å²) in [5, 5.41) is 9.22. The molecular weight excluding hydrogens is 335 g/mol. The molecule has 0 aliphatic rings. The number of nitriles is 1. The molecule has 0 unspecified atom stereocenters. The maximum atomic E-state index is 13.5. The summed E-state index contributed by atoms with van der Waals surface area (Å²) in [6, 6.07) is 7.25. The van der Waals surface area contributed by atoms with E-state index in [1.165, 1.54) is 23.5 Å². The molecule has 0 radical (unpaired) electrons. The molecule has 1 aromatic carbocycles. The van der Waals surface area contributed by atoms with Crippen molar-refractivity contribution >= 4 is 27.0 Å². The van der Waals surface area contributed by atoms with Gasteiger partial charge in [-0.15, -0.1) is 11.3 Å². The molecule has 0 saturated carbocycles. The molecule has 2 rings (SSSR count). The summed E-state index contributed by atoms with van der Waals surface area (Å²) in [4.78, 5) is 1.01. The van der Waals surface area contributed by atoms with E-state index >= 15 is 0 Å². The Labute approximate surface area is 139 Å². The predicted molar refractivity (Wildman–Crippen MR) is 89.7 cm³/mol. The van der Waals surface area contributed by atoms with E-state index in [2.05, 4.69) is 4.72 Å². The molecule has 0 atom stereocenters. The summed E-state index contributed by atoms with van der Waals surface area (Å²) in [7, 11) is -3.96. The van der Waals surface area contributed by atoms with Gasteiger partial charge in [0.25, 0.3) is 10.0 Å². The molecule has 0 saturated heterocycles. The van der Waals surface area contributed by atoms with Crippen LogP contribution in [0.1, 0.15) is 36.1 Å². The van der Waals surface area contributed by atoms with E-state index < -0.39 is 15.8 Å². The molecule has 4 nitrogen and oxygen atoms in total. The highest BCUT2D eigenvalue weighted by Crippen LogP contribution is 2.35. The second-order valence-electron chi connectivity index (χ2n) is 6.29. The molecule has 0 bridgehead atoms. The number of anilines is 1. The van der Waals surface area contributed by atoms with Crippen molar-refractivity contribution in [1.29, 1.82) is 5.26 Å². The van der Waals surface area contributed by atoms with Crippen molar-refractivity contribution in [3.05, 3.63) is 45.4 Å². The fourth-order valence-corrected chi connectivity index (χ4v) is 4.19. The second kappa shape index (κ2) is 5.95. The van der Waals surface area contributed by atoms with Gasteiger partial charge >= 0.3 is 0 Å². The van der Waals surface area contributed by atoms with Gasteiger partial charge in [0.2, 0.25) is 0 Å². The Bertz CT molecular complexity index is 868. The Hall–Kier alpha value is -1.91. The molecule has 0 aliphatic carbocycles. The zero-order chi connectivity index (χ0) is 17.4. The summed E-state index contributed by atoms with van der Waals surface area (Å²) in [6.07, 6.45) is 0. The SMILES string of the molecule is Cc1cc(F)cc(S(=O)(=O)Nc2cc(C(C)(C)C)sc2C#N)c1. The van der Waals surface area contributed by atoms with Gasteiger partial charge in [-0.05, 0) is 42.2 Å². The van der Waals surface area contributed by atoms with Gasteiger partial charge in [0.1, 0.15) is 16.8 Å². The minimum Gasteiger partial charge on any atom is -0.277 e. The van der Waals surface area contributed by atoms with Crippen LogP contribution in [0.3, 0.4) is 0 Å². The standard InChI is InChI=1S/C16H17FN2O2S2/c1-10-5-11(17)7-12(6-10)23(20,21)19-13-8-15(16(2,3)4)22-14(13)9-18/h5-8,19H,1-4H3. The Morgan fingerprint density at radius 2 is 1.87 bits per heavy atom. The molecule has 7 heteroatoms. The zero-order valence-electron chi connectivity index (χ0n) is 13.3. The third kappa shape index (κ3) is 3.89. The lowest BCUT2D eigenvalue weighted by atomic mass is 9.95. The summed E-state index contributed by atoms with van der Waals surface area (Å²) in [5.41, 5.74) is 0.533. The quantitative estimate of drug-likeness (QED) is 0.901. The van der Waals surface area contributed by atoms with Gasteiger partial charge in [0, 0.05) is 4.88 Å². The Morgan fingerprint density at radius 1 is 1.22 bits per heavy atom. The lowest BCUT2D eigenvalue weighted by molar-refractivity contribution is 0.594. The highest BCUT2D eigenvalue weighted by Gasteiger charge is 2.23. The minimum absolute atomic E-state index is 0.164. The molecule has 23 heavy (non-hydrogen) atoms. The van der Waals surface area contributed by atoms with Crippen molar-refractivity contribution in [3.63, 3.8) is 0 Å². The Balaban J connectivity index is 2.45. The first-order chi connectivity index (χ1) is 10.5. The van der Waals surface area contributed by atoms with Crippen LogP contribution in [0, 0.1) is 24.1 Å². The van der Waals surface area contributed by atoms with Crippen molar-refractivity contribution in [2.75, 3.05) is 4.72 Å². The van der Waals surface area contributed by atoms with Gasteiger partial charge in [-0.1, -0.05) is 20.8 Å². The van der Waals surface area contributed by atoms with E-state index in [1.54, 1.807) is 13.0 Å². The van der Waals surface area contributed by atoms with Crippen molar-refractivity contribution in [3.8, 4) is 6.07 Å². The second-order valence-corrected chi connectivity index (χ2v) is 9.02. The monoisotopic (exact) mass is 352 g/mol. The number of sulfonamides is 1. The Morgan fingerprint density at radius 3 is 2.39 bits per heavy atom. The zero-order valence-corrected chi connectivity index (χ0v) is 14.9. The highest BCUT2D eigenvalue weighted by atomic mass is 32.2.